The molecule has 88 valence electrons. The van der Waals surface area contributed by atoms with Crippen LogP contribution in [0.1, 0.15) is 38.3 Å². The first-order valence-electron chi connectivity index (χ1n) is 6.21. The molecule has 0 aromatic carbocycles. The van der Waals surface area contributed by atoms with Gasteiger partial charge in [-0.25, -0.2) is 0 Å². The molecule has 0 saturated heterocycles. The number of rotatable bonds is 5. The summed E-state index contributed by atoms with van der Waals surface area (Å²) < 4.78 is 5.85. The van der Waals surface area contributed by atoms with E-state index in [0.717, 1.165) is 24.5 Å². The van der Waals surface area contributed by atoms with Gasteiger partial charge in [-0.2, -0.15) is 0 Å². The molecule has 0 unspecified atom stereocenters. The van der Waals surface area contributed by atoms with E-state index >= 15 is 0 Å². The summed E-state index contributed by atoms with van der Waals surface area (Å²) in [4.78, 5) is 4.37. The van der Waals surface area contributed by atoms with Crippen LogP contribution in [0.2, 0.25) is 0 Å². The molecule has 0 spiro atoms. The van der Waals surface area contributed by atoms with Gasteiger partial charge in [-0.05, 0) is 44.4 Å². The minimum absolute atomic E-state index is 0.418. The summed E-state index contributed by atoms with van der Waals surface area (Å²) in [5, 5.41) is 3.25. The van der Waals surface area contributed by atoms with E-state index in [-0.39, 0.29) is 0 Å². The Labute approximate surface area is 97.2 Å². The molecule has 0 bridgehead atoms. The molecule has 1 aliphatic rings. The second-order valence-electron chi connectivity index (χ2n) is 4.29. The molecule has 1 aromatic rings. The fraction of sp³-hybridized carbons (Fsp3) is 0.615. The van der Waals surface area contributed by atoms with Gasteiger partial charge in [-0.3, -0.25) is 4.98 Å². The van der Waals surface area contributed by atoms with Gasteiger partial charge in [0.15, 0.2) is 0 Å². The summed E-state index contributed by atoms with van der Waals surface area (Å²) in [6.07, 6.45) is 7.25. The van der Waals surface area contributed by atoms with Crippen LogP contribution >= 0.6 is 0 Å². The smallest absolute Gasteiger partial charge is 0.138 e. The first kappa shape index (κ1) is 11.4. The largest absolute Gasteiger partial charge is 0.489 e. The Hall–Kier alpha value is -1.09. The zero-order chi connectivity index (χ0) is 11.2. The second kappa shape index (κ2) is 5.85. The van der Waals surface area contributed by atoms with E-state index in [2.05, 4.69) is 17.2 Å². The zero-order valence-electron chi connectivity index (χ0n) is 9.91. The van der Waals surface area contributed by atoms with E-state index < -0.39 is 0 Å². The van der Waals surface area contributed by atoms with Crippen LogP contribution < -0.4 is 10.1 Å². The fourth-order valence-corrected chi connectivity index (χ4v) is 2.04. The molecule has 16 heavy (non-hydrogen) atoms. The van der Waals surface area contributed by atoms with Crippen molar-refractivity contribution >= 4 is 0 Å². The third-order valence-corrected chi connectivity index (χ3v) is 2.96. The molecule has 3 nitrogen and oxygen atoms in total. The Morgan fingerprint density at radius 3 is 2.81 bits per heavy atom. The minimum Gasteiger partial charge on any atom is -0.489 e. The lowest BCUT2D eigenvalue weighted by Crippen LogP contribution is -2.13. The van der Waals surface area contributed by atoms with E-state index in [0.29, 0.717) is 6.10 Å². The highest BCUT2D eigenvalue weighted by molar-refractivity contribution is 5.20. The Bertz CT molecular complexity index is 304. The summed E-state index contributed by atoms with van der Waals surface area (Å²) in [7, 11) is 0. The van der Waals surface area contributed by atoms with Crippen LogP contribution in [0.3, 0.4) is 0 Å². The average molecular weight is 220 g/mol. The molecule has 0 atom stereocenters. The van der Waals surface area contributed by atoms with Crippen molar-refractivity contribution in [3.63, 3.8) is 0 Å². The van der Waals surface area contributed by atoms with Crippen LogP contribution in [0.25, 0.3) is 0 Å². The van der Waals surface area contributed by atoms with Crippen LogP contribution in [-0.2, 0) is 6.54 Å². The van der Waals surface area contributed by atoms with E-state index in [9.17, 15) is 0 Å². The quantitative estimate of drug-likeness (QED) is 0.828. The number of hydrogen-bond donors (Lipinski definition) is 1. The van der Waals surface area contributed by atoms with E-state index in [1.165, 1.54) is 25.7 Å². The van der Waals surface area contributed by atoms with Crippen molar-refractivity contribution in [2.24, 2.45) is 0 Å². The van der Waals surface area contributed by atoms with Gasteiger partial charge in [0.1, 0.15) is 5.75 Å². The van der Waals surface area contributed by atoms with Gasteiger partial charge in [0.05, 0.1) is 18.0 Å². The summed E-state index contributed by atoms with van der Waals surface area (Å²) >= 11 is 0. The second-order valence-corrected chi connectivity index (χ2v) is 4.29. The molecule has 3 heteroatoms. The first-order chi connectivity index (χ1) is 7.88. The highest BCUT2D eigenvalue weighted by atomic mass is 16.5. The lowest BCUT2D eigenvalue weighted by Gasteiger charge is -2.12. The van der Waals surface area contributed by atoms with Gasteiger partial charge in [0.2, 0.25) is 0 Å². The highest BCUT2D eigenvalue weighted by Gasteiger charge is 2.16. The van der Waals surface area contributed by atoms with Gasteiger partial charge in [0.25, 0.3) is 0 Å². The Balaban J connectivity index is 1.86. The standard InChI is InChI=1S/C13H20N2O/c1-2-14-9-11-7-8-13(10-15-11)16-12-5-3-4-6-12/h7-8,10,12,14H,2-6,9H2,1H3. The zero-order valence-corrected chi connectivity index (χ0v) is 9.91. The van der Waals surface area contributed by atoms with Gasteiger partial charge in [-0.1, -0.05) is 6.92 Å². The molecule has 1 aliphatic carbocycles. The Morgan fingerprint density at radius 2 is 2.19 bits per heavy atom. The molecule has 1 saturated carbocycles. The van der Waals surface area contributed by atoms with Crippen LogP contribution in [0.4, 0.5) is 0 Å². The molecule has 0 aliphatic heterocycles. The molecule has 1 heterocycles. The van der Waals surface area contributed by atoms with Crippen LogP contribution in [0.5, 0.6) is 5.75 Å². The Morgan fingerprint density at radius 1 is 1.38 bits per heavy atom. The van der Waals surface area contributed by atoms with Crippen LogP contribution in [0.15, 0.2) is 18.3 Å². The van der Waals surface area contributed by atoms with Crippen molar-refractivity contribution in [2.75, 3.05) is 6.54 Å². The van der Waals surface area contributed by atoms with Crippen molar-refractivity contribution in [1.29, 1.82) is 0 Å². The molecule has 0 radical (unpaired) electrons. The van der Waals surface area contributed by atoms with Gasteiger partial charge in [-0.15, -0.1) is 0 Å². The summed E-state index contributed by atoms with van der Waals surface area (Å²) in [6, 6.07) is 4.06. The normalized spacial score (nSPS) is 16.6. The maximum atomic E-state index is 5.85. The van der Waals surface area contributed by atoms with Crippen molar-refractivity contribution in [3.8, 4) is 5.75 Å². The SMILES string of the molecule is CCNCc1ccc(OC2CCCC2)cn1. The predicted octanol–water partition coefficient (Wildman–Crippen LogP) is 2.51. The molecular formula is C13H20N2O. The first-order valence-corrected chi connectivity index (χ1v) is 6.21. The number of hydrogen-bond acceptors (Lipinski definition) is 3. The minimum atomic E-state index is 0.418. The van der Waals surface area contributed by atoms with Crippen molar-refractivity contribution < 1.29 is 4.74 Å². The van der Waals surface area contributed by atoms with Crippen molar-refractivity contribution in [3.05, 3.63) is 24.0 Å². The van der Waals surface area contributed by atoms with Crippen LogP contribution in [0, 0.1) is 0 Å². The number of nitrogens with one attached hydrogen (secondary N) is 1. The van der Waals surface area contributed by atoms with Gasteiger partial charge >= 0.3 is 0 Å². The third-order valence-electron chi connectivity index (χ3n) is 2.96. The number of pyridine rings is 1. The fourth-order valence-electron chi connectivity index (χ4n) is 2.04. The van der Waals surface area contributed by atoms with Crippen LogP contribution in [-0.4, -0.2) is 17.6 Å². The molecular weight excluding hydrogens is 200 g/mol. The number of aromatic nitrogens is 1. The third kappa shape index (κ3) is 3.20. The molecule has 1 aromatic heterocycles. The summed E-state index contributed by atoms with van der Waals surface area (Å²) in [5.74, 6) is 0.909. The maximum absolute atomic E-state index is 5.85. The average Bonchev–Trinajstić information content (AvgIpc) is 2.81. The van der Waals surface area contributed by atoms with Crippen molar-refractivity contribution in [1.82, 2.24) is 10.3 Å². The van der Waals surface area contributed by atoms with Crippen molar-refractivity contribution in [2.45, 2.75) is 45.3 Å². The monoisotopic (exact) mass is 220 g/mol. The maximum Gasteiger partial charge on any atom is 0.138 e. The lowest BCUT2D eigenvalue weighted by molar-refractivity contribution is 0.209. The number of nitrogens with zero attached hydrogens (tertiary/aromatic N) is 1. The number of ether oxygens (including phenoxy) is 1. The van der Waals surface area contributed by atoms with Gasteiger partial charge < -0.3 is 10.1 Å². The lowest BCUT2D eigenvalue weighted by atomic mass is 10.3. The van der Waals surface area contributed by atoms with Gasteiger partial charge in [0, 0.05) is 6.54 Å². The molecule has 0 amide bonds. The Kier molecular flexibility index (Phi) is 4.17. The highest BCUT2D eigenvalue weighted by Crippen LogP contribution is 2.23. The van der Waals surface area contributed by atoms with E-state index in [4.69, 9.17) is 4.74 Å². The molecule has 2 rings (SSSR count). The molecule has 1 fully saturated rings. The summed E-state index contributed by atoms with van der Waals surface area (Å²) in [5.41, 5.74) is 1.07. The summed E-state index contributed by atoms with van der Waals surface area (Å²) in [6.45, 7) is 3.90. The topological polar surface area (TPSA) is 34.1 Å². The molecule has 1 N–H and O–H groups in total. The van der Waals surface area contributed by atoms with E-state index in [1.807, 2.05) is 18.3 Å². The predicted molar refractivity (Wildman–Crippen MR) is 64.5 cm³/mol. The van der Waals surface area contributed by atoms with E-state index in [1.54, 1.807) is 0 Å².